The van der Waals surface area contributed by atoms with Gasteiger partial charge in [0.05, 0.1) is 6.61 Å². The van der Waals surface area contributed by atoms with Crippen LogP contribution in [0.25, 0.3) is 0 Å². The lowest BCUT2D eigenvalue weighted by atomic mass is 10.0. The van der Waals surface area contributed by atoms with E-state index in [4.69, 9.17) is 14.0 Å². The Morgan fingerprint density at radius 1 is 0.569 bits per heavy atom. The van der Waals surface area contributed by atoms with Crippen molar-refractivity contribution in [3.63, 3.8) is 0 Å². The van der Waals surface area contributed by atoms with Crippen LogP contribution in [0.1, 0.15) is 168 Å². The zero-order valence-corrected chi connectivity index (χ0v) is 33.4. The van der Waals surface area contributed by atoms with Gasteiger partial charge in [-0.25, -0.2) is 4.57 Å². The van der Waals surface area contributed by atoms with Crippen LogP contribution in [0, 0.1) is 0 Å². The molecule has 0 fully saturated rings. The van der Waals surface area contributed by atoms with E-state index < -0.39 is 26.5 Å². The molecule has 0 aromatic carbocycles. The minimum atomic E-state index is -4.27. The van der Waals surface area contributed by atoms with Gasteiger partial charge in [-0.2, -0.15) is 0 Å². The van der Waals surface area contributed by atoms with Crippen molar-refractivity contribution in [1.82, 2.24) is 0 Å². The first-order chi connectivity index (χ1) is 24.8. The number of phosphoric acid groups is 1. The summed E-state index contributed by atoms with van der Waals surface area (Å²) in [6, 6.07) is 0. The largest absolute Gasteiger partial charge is 0.472 e. The van der Waals surface area contributed by atoms with Crippen LogP contribution >= 0.6 is 7.82 Å². The smallest absolute Gasteiger partial charge is 0.462 e. The molecule has 0 aliphatic carbocycles. The van der Waals surface area contributed by atoms with Gasteiger partial charge in [-0.3, -0.25) is 18.6 Å². The lowest BCUT2D eigenvalue weighted by molar-refractivity contribution is -0.161. The number of allylic oxidation sites excluding steroid dienone is 10. The highest BCUT2D eigenvalue weighted by Gasteiger charge is 2.24. The van der Waals surface area contributed by atoms with Crippen molar-refractivity contribution < 1.29 is 37.6 Å². The highest BCUT2D eigenvalue weighted by atomic mass is 31.2. The predicted octanol–water partition coefficient (Wildman–Crippen LogP) is 12.4. The fourth-order valence-corrected chi connectivity index (χ4v) is 5.68. The van der Waals surface area contributed by atoms with Crippen molar-refractivity contribution in [2.75, 3.05) is 20.3 Å². The topological polar surface area (TPSA) is 108 Å². The van der Waals surface area contributed by atoms with Gasteiger partial charge >= 0.3 is 19.8 Å². The second-order valence-electron chi connectivity index (χ2n) is 13.0. The molecular weight excluding hydrogens is 663 g/mol. The van der Waals surface area contributed by atoms with Crippen LogP contribution in [0.15, 0.2) is 60.8 Å². The number of ether oxygens (including phenoxy) is 2. The van der Waals surface area contributed by atoms with Crippen molar-refractivity contribution in [2.24, 2.45) is 0 Å². The number of hydrogen-bond acceptors (Lipinski definition) is 7. The van der Waals surface area contributed by atoms with Crippen LogP contribution in [0.2, 0.25) is 0 Å². The van der Waals surface area contributed by atoms with Crippen LogP contribution in [0.3, 0.4) is 0 Å². The first-order valence-corrected chi connectivity index (χ1v) is 21.5. The summed E-state index contributed by atoms with van der Waals surface area (Å²) in [4.78, 5) is 34.4. The van der Waals surface area contributed by atoms with E-state index in [1.165, 1.54) is 77.0 Å². The van der Waals surface area contributed by atoms with E-state index in [1.807, 2.05) is 6.08 Å². The zero-order chi connectivity index (χ0) is 37.5. The van der Waals surface area contributed by atoms with Crippen molar-refractivity contribution in [3.05, 3.63) is 60.8 Å². The first-order valence-electron chi connectivity index (χ1n) is 20.0. The van der Waals surface area contributed by atoms with Gasteiger partial charge in [-0.05, 0) is 51.4 Å². The molecule has 0 aromatic rings. The third kappa shape index (κ3) is 37.3. The van der Waals surface area contributed by atoms with E-state index >= 15 is 0 Å². The van der Waals surface area contributed by atoms with Crippen molar-refractivity contribution in [3.8, 4) is 0 Å². The molecule has 0 saturated carbocycles. The maximum atomic E-state index is 12.5. The third-order valence-corrected chi connectivity index (χ3v) is 9.21. The molecule has 294 valence electrons. The highest BCUT2D eigenvalue weighted by Crippen LogP contribution is 2.42. The normalized spacial score (nSPS) is 14.0. The molecule has 0 radical (unpaired) electrons. The second kappa shape index (κ2) is 37.5. The van der Waals surface area contributed by atoms with E-state index in [9.17, 15) is 19.0 Å². The van der Waals surface area contributed by atoms with Crippen LogP contribution in [-0.2, 0) is 32.7 Å². The number of hydrogen-bond donors (Lipinski definition) is 1. The van der Waals surface area contributed by atoms with Gasteiger partial charge in [-0.1, -0.05) is 164 Å². The number of phosphoric ester groups is 1. The summed E-state index contributed by atoms with van der Waals surface area (Å²) in [6.07, 6.45) is 45.6. The van der Waals surface area contributed by atoms with Gasteiger partial charge in [0.15, 0.2) is 6.10 Å². The van der Waals surface area contributed by atoms with Gasteiger partial charge in [0.25, 0.3) is 0 Å². The van der Waals surface area contributed by atoms with Crippen LogP contribution in [0.4, 0.5) is 0 Å². The second-order valence-corrected chi connectivity index (χ2v) is 14.6. The van der Waals surface area contributed by atoms with Crippen LogP contribution in [-0.4, -0.2) is 43.3 Å². The monoisotopic (exact) mass is 737 g/mol. The maximum Gasteiger partial charge on any atom is 0.472 e. The van der Waals surface area contributed by atoms with E-state index in [-0.39, 0.29) is 25.4 Å². The van der Waals surface area contributed by atoms with E-state index in [1.54, 1.807) is 0 Å². The Bertz CT molecular complexity index is 1020. The third-order valence-electron chi connectivity index (χ3n) is 8.28. The van der Waals surface area contributed by atoms with E-state index in [0.717, 1.165) is 58.5 Å². The summed E-state index contributed by atoms with van der Waals surface area (Å²) in [6.45, 7) is 3.72. The lowest BCUT2D eigenvalue weighted by Crippen LogP contribution is -2.29. The Labute approximate surface area is 311 Å². The first kappa shape index (κ1) is 48.8. The number of carbonyl (C=O) groups is 2. The molecule has 0 heterocycles. The quantitative estimate of drug-likeness (QED) is 0.0293. The minimum absolute atomic E-state index is 0.166. The SMILES string of the molecule is CC/C=C\C/C=C\C/C=C\C/C=C\C/C=C\CCCC(=O)OC(COC(=O)CCCCCCCCCCCCCCCCC)COP(=O)(O)OC. The summed E-state index contributed by atoms with van der Waals surface area (Å²) in [5.74, 6) is -0.873. The van der Waals surface area contributed by atoms with Crippen LogP contribution < -0.4 is 0 Å². The Morgan fingerprint density at radius 3 is 1.47 bits per heavy atom. The molecule has 51 heavy (non-hydrogen) atoms. The molecule has 8 nitrogen and oxygen atoms in total. The Morgan fingerprint density at radius 2 is 1.00 bits per heavy atom. The molecule has 0 spiro atoms. The van der Waals surface area contributed by atoms with E-state index in [2.05, 4.69) is 73.1 Å². The average molecular weight is 737 g/mol. The zero-order valence-electron chi connectivity index (χ0n) is 32.5. The van der Waals surface area contributed by atoms with E-state index in [0.29, 0.717) is 12.8 Å². The fourth-order valence-electron chi connectivity index (χ4n) is 5.22. The summed E-state index contributed by atoms with van der Waals surface area (Å²) >= 11 is 0. The molecule has 2 unspecified atom stereocenters. The molecule has 2 atom stereocenters. The molecule has 0 bridgehead atoms. The Kier molecular flexibility index (Phi) is 35.9. The highest BCUT2D eigenvalue weighted by molar-refractivity contribution is 7.47. The molecule has 0 rings (SSSR count). The Hall–Kier alpha value is -2.25. The molecule has 0 saturated heterocycles. The predicted molar refractivity (Wildman–Crippen MR) is 211 cm³/mol. The molecule has 9 heteroatoms. The summed E-state index contributed by atoms with van der Waals surface area (Å²) in [5, 5.41) is 0. The molecule has 0 aliphatic rings. The summed E-state index contributed by atoms with van der Waals surface area (Å²) in [5.41, 5.74) is 0. The number of esters is 2. The average Bonchev–Trinajstić information content (AvgIpc) is 3.12. The molecule has 0 aliphatic heterocycles. The Balaban J connectivity index is 4.14. The fraction of sp³-hybridized carbons (Fsp3) is 0.714. The summed E-state index contributed by atoms with van der Waals surface area (Å²) in [7, 11) is -3.23. The van der Waals surface area contributed by atoms with Crippen molar-refractivity contribution in [1.29, 1.82) is 0 Å². The molecule has 0 aromatic heterocycles. The molecule has 1 N–H and O–H groups in total. The van der Waals surface area contributed by atoms with Gasteiger partial charge in [0, 0.05) is 20.0 Å². The summed E-state index contributed by atoms with van der Waals surface area (Å²) < 4.78 is 31.9. The van der Waals surface area contributed by atoms with Crippen molar-refractivity contribution in [2.45, 2.75) is 174 Å². The van der Waals surface area contributed by atoms with Crippen LogP contribution in [0.5, 0.6) is 0 Å². The van der Waals surface area contributed by atoms with Gasteiger partial charge in [-0.15, -0.1) is 0 Å². The number of rotatable bonds is 36. The molecule has 0 amide bonds. The lowest BCUT2D eigenvalue weighted by Gasteiger charge is -2.19. The molecular formula is C42H73O8P. The minimum Gasteiger partial charge on any atom is -0.462 e. The standard InChI is InChI=1S/C42H73O8P/c1-4-6-8-10-12-14-16-18-20-21-23-25-27-29-31-33-35-37-42(44)50-40(39-49-51(45,46)47-3)38-48-41(43)36-34-32-30-28-26-24-22-19-17-15-13-11-9-7-5-2/h6,8,12,14,18,20,23,25,29,31,40H,4-5,7,9-11,13,15-17,19,21-22,24,26-28,30,32-39H2,1-3H3,(H,45,46)/b8-6-,14-12-,20-18-,25-23-,31-29-. The van der Waals surface area contributed by atoms with Gasteiger partial charge in [0.2, 0.25) is 0 Å². The maximum absolute atomic E-state index is 12.5. The number of unbranched alkanes of at least 4 members (excludes halogenated alkanes) is 15. The van der Waals surface area contributed by atoms with Gasteiger partial charge in [0.1, 0.15) is 6.61 Å². The van der Waals surface area contributed by atoms with Gasteiger partial charge < -0.3 is 14.4 Å². The van der Waals surface area contributed by atoms with Crippen molar-refractivity contribution >= 4 is 19.8 Å². The number of carbonyl (C=O) groups excluding carboxylic acids is 2.